The van der Waals surface area contributed by atoms with E-state index < -0.39 is 6.29 Å². The van der Waals surface area contributed by atoms with Crippen LogP contribution in [0.15, 0.2) is 0 Å². The average molecular weight is 157 g/mol. The molecule has 2 nitrogen and oxygen atoms in total. The van der Waals surface area contributed by atoms with E-state index in [4.69, 9.17) is 10.2 Å². The average Bonchev–Trinajstić information content (AvgIpc) is 1.38. The molecule has 0 fully saturated rings. The maximum atomic E-state index is 7.92. The van der Waals surface area contributed by atoms with Crippen LogP contribution in [0.1, 0.15) is 13.3 Å². The Morgan fingerprint density at radius 3 is 1.67 bits per heavy atom. The van der Waals surface area contributed by atoms with Crippen LogP contribution in [0.2, 0.25) is 0 Å². The van der Waals surface area contributed by atoms with Gasteiger partial charge in [-0.2, -0.15) is 0 Å². The molecule has 0 spiro atoms. The molecular formula is C3H9BrO2. The maximum absolute atomic E-state index is 7.92. The molecule has 0 aliphatic rings. The van der Waals surface area contributed by atoms with Crippen molar-refractivity contribution in [2.45, 2.75) is 19.6 Å². The van der Waals surface area contributed by atoms with E-state index in [0.717, 1.165) is 0 Å². The van der Waals surface area contributed by atoms with Gasteiger partial charge < -0.3 is 10.2 Å². The molecule has 40 valence electrons. The highest BCUT2D eigenvalue weighted by atomic mass is 79.9. The highest BCUT2D eigenvalue weighted by Gasteiger charge is 1.83. The summed E-state index contributed by atoms with van der Waals surface area (Å²) in [6.45, 7) is 1.70. The van der Waals surface area contributed by atoms with Gasteiger partial charge >= 0.3 is 0 Å². The lowest BCUT2D eigenvalue weighted by Crippen LogP contribution is -1.99. The molecule has 0 aromatic heterocycles. The van der Waals surface area contributed by atoms with Crippen LogP contribution >= 0.6 is 17.0 Å². The zero-order valence-corrected chi connectivity index (χ0v) is 5.30. The summed E-state index contributed by atoms with van der Waals surface area (Å²) in [4.78, 5) is 0. The van der Waals surface area contributed by atoms with Crippen LogP contribution in [-0.2, 0) is 0 Å². The predicted molar refractivity (Wildman–Crippen MR) is 28.8 cm³/mol. The molecule has 0 bridgehead atoms. The second kappa shape index (κ2) is 5.40. The summed E-state index contributed by atoms with van der Waals surface area (Å²) >= 11 is 0. The summed E-state index contributed by atoms with van der Waals surface area (Å²) in [5, 5.41) is 15.8. The van der Waals surface area contributed by atoms with Gasteiger partial charge in [0.15, 0.2) is 6.29 Å². The van der Waals surface area contributed by atoms with Crippen LogP contribution in [0.25, 0.3) is 0 Å². The van der Waals surface area contributed by atoms with Gasteiger partial charge in [0.05, 0.1) is 0 Å². The Balaban J connectivity index is 0. The third-order valence-electron chi connectivity index (χ3n) is 0.365. The first kappa shape index (κ1) is 9.64. The van der Waals surface area contributed by atoms with E-state index in [0.29, 0.717) is 6.42 Å². The Bertz CT molecular complexity index is 22.8. The minimum absolute atomic E-state index is 0. The van der Waals surface area contributed by atoms with Crippen molar-refractivity contribution in [2.75, 3.05) is 0 Å². The first-order chi connectivity index (χ1) is 2.27. The van der Waals surface area contributed by atoms with Crippen LogP contribution in [0.4, 0.5) is 0 Å². The van der Waals surface area contributed by atoms with Crippen molar-refractivity contribution in [3.63, 3.8) is 0 Å². The van der Waals surface area contributed by atoms with Gasteiger partial charge in [0, 0.05) is 0 Å². The topological polar surface area (TPSA) is 40.5 Å². The van der Waals surface area contributed by atoms with E-state index in [1.54, 1.807) is 6.92 Å². The van der Waals surface area contributed by atoms with E-state index >= 15 is 0 Å². The van der Waals surface area contributed by atoms with Gasteiger partial charge in [0.2, 0.25) is 0 Å². The highest BCUT2D eigenvalue weighted by Crippen LogP contribution is 1.77. The number of hydrogen-bond donors (Lipinski definition) is 2. The van der Waals surface area contributed by atoms with Gasteiger partial charge in [0.25, 0.3) is 0 Å². The van der Waals surface area contributed by atoms with Gasteiger partial charge in [0.1, 0.15) is 0 Å². The molecule has 0 aliphatic heterocycles. The molecule has 0 saturated carbocycles. The Kier molecular flexibility index (Phi) is 8.68. The molecule has 3 heteroatoms. The zero-order chi connectivity index (χ0) is 4.28. The number of halogens is 1. The van der Waals surface area contributed by atoms with E-state index in [9.17, 15) is 0 Å². The van der Waals surface area contributed by atoms with Crippen molar-refractivity contribution >= 4 is 17.0 Å². The molecule has 0 atom stereocenters. The van der Waals surface area contributed by atoms with Gasteiger partial charge in [-0.25, -0.2) is 0 Å². The SMILES string of the molecule is Br.CCC(O)O. The summed E-state index contributed by atoms with van der Waals surface area (Å²) in [6.07, 6.45) is -0.699. The van der Waals surface area contributed by atoms with Crippen molar-refractivity contribution in [1.82, 2.24) is 0 Å². The van der Waals surface area contributed by atoms with E-state index in [1.807, 2.05) is 0 Å². The Hall–Kier alpha value is 0.400. The van der Waals surface area contributed by atoms with Crippen LogP contribution in [0, 0.1) is 0 Å². The normalized spacial score (nSPS) is 8.00. The minimum Gasteiger partial charge on any atom is -0.368 e. The summed E-state index contributed by atoms with van der Waals surface area (Å²) in [5.74, 6) is 0. The standard InChI is InChI=1S/C3H8O2.BrH/c1-2-3(4)5;/h3-5H,2H2,1H3;1H. The Morgan fingerprint density at radius 1 is 1.50 bits per heavy atom. The molecule has 0 heterocycles. The number of hydrogen-bond acceptors (Lipinski definition) is 2. The quantitative estimate of drug-likeness (QED) is 0.537. The van der Waals surface area contributed by atoms with E-state index in [1.165, 1.54) is 0 Å². The molecule has 0 aromatic carbocycles. The van der Waals surface area contributed by atoms with Crippen LogP contribution in [0.5, 0.6) is 0 Å². The first-order valence-electron chi connectivity index (χ1n) is 1.63. The van der Waals surface area contributed by atoms with E-state index in [2.05, 4.69) is 0 Å². The third-order valence-corrected chi connectivity index (χ3v) is 0.365. The van der Waals surface area contributed by atoms with Crippen molar-refractivity contribution in [3.05, 3.63) is 0 Å². The van der Waals surface area contributed by atoms with Crippen molar-refractivity contribution < 1.29 is 10.2 Å². The zero-order valence-electron chi connectivity index (χ0n) is 3.59. The molecule has 0 radical (unpaired) electrons. The summed E-state index contributed by atoms with van der Waals surface area (Å²) in [7, 11) is 0. The fourth-order valence-corrected chi connectivity index (χ4v) is 0. The molecule has 2 N–H and O–H groups in total. The van der Waals surface area contributed by atoms with Crippen LogP contribution in [0.3, 0.4) is 0 Å². The summed E-state index contributed by atoms with van der Waals surface area (Å²) in [6, 6.07) is 0. The van der Waals surface area contributed by atoms with Gasteiger partial charge in [-0.3, -0.25) is 0 Å². The largest absolute Gasteiger partial charge is 0.368 e. The van der Waals surface area contributed by atoms with Crippen molar-refractivity contribution in [2.24, 2.45) is 0 Å². The minimum atomic E-state index is -1.12. The first-order valence-corrected chi connectivity index (χ1v) is 1.63. The highest BCUT2D eigenvalue weighted by molar-refractivity contribution is 8.93. The lowest BCUT2D eigenvalue weighted by molar-refractivity contribution is -0.0413. The molecule has 0 unspecified atom stereocenters. The van der Waals surface area contributed by atoms with Crippen LogP contribution in [-0.4, -0.2) is 16.5 Å². The molecule has 6 heavy (non-hydrogen) atoms. The van der Waals surface area contributed by atoms with Gasteiger partial charge in [-0.15, -0.1) is 17.0 Å². The Morgan fingerprint density at radius 2 is 1.67 bits per heavy atom. The molecule has 0 rings (SSSR count). The summed E-state index contributed by atoms with van der Waals surface area (Å²) < 4.78 is 0. The third kappa shape index (κ3) is 8.83. The molecule has 0 aliphatic carbocycles. The fraction of sp³-hybridized carbons (Fsp3) is 1.00. The second-order valence-electron chi connectivity index (χ2n) is 0.889. The monoisotopic (exact) mass is 156 g/mol. The molecule has 0 amide bonds. The fourth-order valence-electron chi connectivity index (χ4n) is 0. The number of aliphatic hydroxyl groups is 2. The van der Waals surface area contributed by atoms with Gasteiger partial charge in [-0.1, -0.05) is 6.92 Å². The van der Waals surface area contributed by atoms with Crippen LogP contribution < -0.4 is 0 Å². The molecular weight excluding hydrogens is 148 g/mol. The lowest BCUT2D eigenvalue weighted by atomic mass is 10.5. The Labute approximate surface area is 47.6 Å². The molecule has 0 aromatic rings. The second-order valence-corrected chi connectivity index (χ2v) is 0.889. The van der Waals surface area contributed by atoms with Crippen molar-refractivity contribution in [1.29, 1.82) is 0 Å². The predicted octanol–water partition coefficient (Wildman–Crippen LogP) is 0.285. The molecule has 0 saturated heterocycles. The van der Waals surface area contributed by atoms with Crippen molar-refractivity contribution in [3.8, 4) is 0 Å². The number of aliphatic hydroxyl groups excluding tert-OH is 1. The van der Waals surface area contributed by atoms with E-state index in [-0.39, 0.29) is 17.0 Å². The smallest absolute Gasteiger partial charge is 0.151 e. The maximum Gasteiger partial charge on any atom is 0.151 e. The number of rotatable bonds is 1. The van der Waals surface area contributed by atoms with Gasteiger partial charge in [-0.05, 0) is 6.42 Å². The lowest BCUT2D eigenvalue weighted by Gasteiger charge is -1.90. The summed E-state index contributed by atoms with van der Waals surface area (Å²) in [5.41, 5.74) is 0.